The molecule has 20 rings (SSSR count). The molecule has 10 heterocycles. The van der Waals surface area contributed by atoms with Crippen LogP contribution in [-0.4, -0.2) is 72.7 Å². The van der Waals surface area contributed by atoms with E-state index >= 15 is 0 Å². The first-order chi connectivity index (χ1) is 62.7. The van der Waals surface area contributed by atoms with E-state index in [1.807, 2.05) is 129 Å². The molecule has 0 atom stereocenters. The summed E-state index contributed by atoms with van der Waals surface area (Å²) >= 11 is 1.36. The minimum absolute atomic E-state index is 0.108. The number of amides is 5. The fourth-order valence-electron chi connectivity index (χ4n) is 15.2. The van der Waals surface area contributed by atoms with E-state index in [1.54, 1.807) is 49.8 Å². The first-order valence-electron chi connectivity index (χ1n) is 42.1. The van der Waals surface area contributed by atoms with Gasteiger partial charge in [0.15, 0.2) is 5.69 Å². The standard InChI is InChI=1S/C22H20N2O2.C21H18N4O.C21H19N3O2.C21H19N3OS.C21H18N2O2/c1-15-7-9-17(10-8-15)13-24-14-20(19-5-3-4-6-21(19)24)23-22(25)18-11-12-26-16(18)2;1-15-8-10-16(11-9-15)13-25-14-19(17-5-2-3-7-20(17)25)23-21(26)18-6-4-12-22-24-18;1-14-7-9-16(10-8-14)11-24-12-19(17-5-3-4-6-20(17)24)22-21(25)18-13-26-23-15(18)2;1-14-7-9-16(10-8-14)11-24-12-18(17-5-3-4-6-19(17)24)23-21(25)20-15(2)22-13-26-20;1-15-6-8-16(9-7-15)12-23-13-19(18-4-2-3-5-20(18)23)22-21(24)17-10-11-25-14-17/h3-12,14H,13H2,1-2H3,(H,23,25);2-12,14H,13H2,1H3,(H,23,26);3-10,12-13H,11H2,1-2H3,(H,22,25);3-10,12-13H,11H2,1-2H3,(H,23,25);2-11,13-14H,12H2,1H3,(H,22,24). The summed E-state index contributed by atoms with van der Waals surface area (Å²) in [6, 6.07) is 89.5. The summed E-state index contributed by atoms with van der Waals surface area (Å²) in [5.41, 5.74) is 26.5. The smallest absolute Gasteiger partial charge is 0.276 e. The van der Waals surface area contributed by atoms with Gasteiger partial charge in [-0.2, -0.15) is 5.10 Å². The van der Waals surface area contributed by atoms with Crippen molar-refractivity contribution in [2.24, 2.45) is 0 Å². The van der Waals surface area contributed by atoms with Crippen molar-refractivity contribution in [1.29, 1.82) is 0 Å². The Morgan fingerprint density at radius 3 is 0.977 bits per heavy atom. The van der Waals surface area contributed by atoms with E-state index in [0.29, 0.717) is 38.7 Å². The van der Waals surface area contributed by atoms with Crippen LogP contribution in [0.15, 0.2) is 348 Å². The fraction of sp³-hybridized carbons (Fsp3) is 0.123. The van der Waals surface area contributed by atoms with Crippen molar-refractivity contribution in [3.8, 4) is 0 Å². The van der Waals surface area contributed by atoms with Crippen molar-refractivity contribution >= 4 is 124 Å². The van der Waals surface area contributed by atoms with Gasteiger partial charge in [0.05, 0.1) is 96.6 Å². The molecular formula is C106H94N14O8S. The Morgan fingerprint density at radius 1 is 0.333 bits per heavy atom. The number of anilines is 5. The van der Waals surface area contributed by atoms with Gasteiger partial charge >= 0.3 is 0 Å². The molecule has 0 saturated carbocycles. The molecule has 0 radical (unpaired) electrons. The minimum atomic E-state index is -0.267. The first kappa shape index (κ1) is 86.3. The minimum Gasteiger partial charge on any atom is -0.472 e. The summed E-state index contributed by atoms with van der Waals surface area (Å²) in [5.74, 6) is -0.311. The van der Waals surface area contributed by atoms with Crippen LogP contribution < -0.4 is 26.6 Å². The number of benzene rings is 10. The molecule has 10 aromatic heterocycles. The monoisotopic (exact) mass is 1720 g/mol. The van der Waals surface area contributed by atoms with Gasteiger partial charge in [-0.1, -0.05) is 245 Å². The maximum absolute atomic E-state index is 12.6. The Kier molecular flexibility index (Phi) is 26.6. The van der Waals surface area contributed by atoms with Gasteiger partial charge in [-0.15, -0.1) is 16.4 Å². The van der Waals surface area contributed by atoms with E-state index in [0.717, 1.165) is 121 Å². The molecule has 0 aliphatic heterocycles. The molecule has 0 unspecified atom stereocenters. The van der Waals surface area contributed by atoms with Gasteiger partial charge in [-0.3, -0.25) is 24.0 Å². The SMILES string of the molecule is Cc1ccc(Cn2cc(NC(=O)c3cccnn3)c3ccccc32)cc1.Cc1ccc(Cn2cc(NC(=O)c3ccoc3)c3ccccc32)cc1.Cc1ccc(Cn2cc(NC(=O)c3ccoc3C)c3ccccc32)cc1.Cc1ccc(Cn2cc(NC(=O)c3conc3C)c3ccccc32)cc1.Cc1ccc(Cn2cc(NC(=O)c3scnc3C)c3ccccc32)cc1. The third-order valence-electron chi connectivity index (χ3n) is 22.2. The highest BCUT2D eigenvalue weighted by Crippen LogP contribution is 2.34. The van der Waals surface area contributed by atoms with Crippen LogP contribution in [0.1, 0.15) is 124 Å². The van der Waals surface area contributed by atoms with Crippen LogP contribution in [0.5, 0.6) is 0 Å². The number of carbonyl (C=O) groups excluding carboxylic acids is 5. The number of aromatic nitrogens is 9. The summed E-state index contributed by atoms with van der Waals surface area (Å²) in [6.45, 7) is 19.5. The Balaban J connectivity index is 0.000000118. The van der Waals surface area contributed by atoms with Crippen molar-refractivity contribution in [3.63, 3.8) is 0 Å². The zero-order valence-corrected chi connectivity index (χ0v) is 73.3. The number of furan rings is 2. The predicted octanol–water partition coefficient (Wildman–Crippen LogP) is 23.6. The van der Waals surface area contributed by atoms with Crippen molar-refractivity contribution in [3.05, 3.63) is 435 Å². The lowest BCUT2D eigenvalue weighted by Gasteiger charge is -2.06. The Hall–Kier alpha value is -16.3. The Labute approximate surface area is 749 Å². The molecule has 129 heavy (non-hydrogen) atoms. The number of carbonyl (C=O) groups is 5. The lowest BCUT2D eigenvalue weighted by atomic mass is 10.1. The van der Waals surface area contributed by atoms with Crippen LogP contribution in [0.3, 0.4) is 0 Å². The highest BCUT2D eigenvalue weighted by Gasteiger charge is 2.22. The van der Waals surface area contributed by atoms with E-state index in [9.17, 15) is 24.0 Å². The Bertz CT molecular complexity index is 6900. The average Bonchev–Trinajstić information content (AvgIpc) is 1.66. The maximum atomic E-state index is 12.6. The second kappa shape index (κ2) is 39.7. The second-order valence-corrected chi connectivity index (χ2v) is 32.6. The largest absolute Gasteiger partial charge is 0.472 e. The number of thiazole rings is 1. The normalized spacial score (nSPS) is 10.9. The van der Waals surface area contributed by atoms with Crippen LogP contribution in [0.2, 0.25) is 0 Å². The lowest BCUT2D eigenvalue weighted by molar-refractivity contribution is 0.101. The van der Waals surface area contributed by atoms with Gasteiger partial charge in [-0.25, -0.2) is 4.98 Å². The highest BCUT2D eigenvalue weighted by molar-refractivity contribution is 7.12. The molecule has 0 spiro atoms. The van der Waals surface area contributed by atoms with E-state index in [-0.39, 0.29) is 29.5 Å². The van der Waals surface area contributed by atoms with Crippen molar-refractivity contribution in [2.75, 3.05) is 26.6 Å². The van der Waals surface area contributed by atoms with Gasteiger partial charge in [0.25, 0.3) is 29.5 Å². The number of fused-ring (bicyclic) bond motifs is 5. The van der Waals surface area contributed by atoms with Crippen LogP contribution in [0.4, 0.5) is 28.4 Å². The van der Waals surface area contributed by atoms with Gasteiger partial charge in [0, 0.05) is 96.8 Å². The van der Waals surface area contributed by atoms with Crippen LogP contribution in [0.25, 0.3) is 54.5 Å². The average molecular weight is 1720 g/mol. The molecule has 20 aromatic rings. The van der Waals surface area contributed by atoms with Crippen LogP contribution >= 0.6 is 11.3 Å². The molecule has 0 aliphatic carbocycles. The third kappa shape index (κ3) is 20.9. The topological polar surface area (TPSA) is 261 Å². The van der Waals surface area contributed by atoms with E-state index in [2.05, 4.69) is 256 Å². The molecule has 0 aliphatic rings. The number of para-hydroxylation sites is 5. The second-order valence-electron chi connectivity index (χ2n) is 31.7. The van der Waals surface area contributed by atoms with E-state index in [1.165, 1.54) is 92.0 Å². The van der Waals surface area contributed by atoms with Crippen molar-refractivity contribution in [2.45, 2.75) is 88.1 Å². The van der Waals surface area contributed by atoms with Crippen molar-refractivity contribution < 1.29 is 37.3 Å². The number of nitrogens with zero attached hydrogens (tertiary/aromatic N) is 9. The molecular weight excluding hydrogens is 1630 g/mol. The number of aryl methyl sites for hydroxylation is 8. The molecule has 642 valence electrons. The fourth-order valence-corrected chi connectivity index (χ4v) is 15.9. The van der Waals surface area contributed by atoms with Gasteiger partial charge in [0.1, 0.15) is 28.7 Å². The summed E-state index contributed by atoms with van der Waals surface area (Å²) in [7, 11) is 0. The predicted molar refractivity (Wildman–Crippen MR) is 513 cm³/mol. The van der Waals surface area contributed by atoms with Gasteiger partial charge < -0.3 is 62.8 Å². The first-order valence-corrected chi connectivity index (χ1v) is 43.0. The van der Waals surface area contributed by atoms with Gasteiger partial charge in [0.2, 0.25) is 0 Å². The third-order valence-corrected chi connectivity index (χ3v) is 23.1. The number of rotatable bonds is 20. The Morgan fingerprint density at radius 2 is 0.674 bits per heavy atom. The zero-order chi connectivity index (χ0) is 89.4. The van der Waals surface area contributed by atoms with E-state index < -0.39 is 0 Å². The lowest BCUT2D eigenvalue weighted by Crippen LogP contribution is -2.13. The molecule has 0 fully saturated rings. The summed E-state index contributed by atoms with van der Waals surface area (Å²) < 4.78 is 25.9. The number of hydrogen-bond acceptors (Lipinski definition) is 13. The van der Waals surface area contributed by atoms with Crippen molar-refractivity contribution in [1.82, 2.24) is 43.2 Å². The molecule has 22 nitrogen and oxygen atoms in total. The summed E-state index contributed by atoms with van der Waals surface area (Å²) in [6.07, 6.45) is 17.3. The molecule has 0 saturated heterocycles. The quantitative estimate of drug-likeness (QED) is 0.0477. The molecule has 23 heteroatoms. The van der Waals surface area contributed by atoms with E-state index in [4.69, 9.17) is 13.4 Å². The summed E-state index contributed by atoms with van der Waals surface area (Å²) in [5, 5.41) is 31.5. The van der Waals surface area contributed by atoms with Gasteiger partial charge in [-0.05, 0) is 138 Å². The molecule has 0 bridgehead atoms. The van der Waals surface area contributed by atoms with Crippen LogP contribution in [0, 0.1) is 55.4 Å². The molecule has 5 N–H and O–H groups in total. The molecule has 5 amide bonds. The number of nitrogens with one attached hydrogen (secondary N) is 5. The highest BCUT2D eigenvalue weighted by atomic mass is 32.1. The van der Waals surface area contributed by atoms with Crippen LogP contribution in [-0.2, 0) is 32.7 Å². The summed E-state index contributed by atoms with van der Waals surface area (Å²) in [4.78, 5) is 67.3. The maximum Gasteiger partial charge on any atom is 0.276 e. The number of hydrogen-bond donors (Lipinski definition) is 5. The zero-order valence-electron chi connectivity index (χ0n) is 72.5. The molecule has 10 aromatic carbocycles.